The zero-order valence-corrected chi connectivity index (χ0v) is 21.2. The first-order valence-corrected chi connectivity index (χ1v) is 14.1. The minimum atomic E-state index is 0.464. The highest BCUT2D eigenvalue weighted by atomic mass is 16.3. The van der Waals surface area contributed by atoms with Gasteiger partial charge >= 0.3 is 0 Å². The molecule has 0 spiro atoms. The van der Waals surface area contributed by atoms with E-state index >= 15 is 0 Å². The molecule has 0 aromatic heterocycles. The highest BCUT2D eigenvalue weighted by Gasteiger charge is 2.02. The standard InChI is InChI=1S/C30H54O/c1-3-5-7-9-11-13-15-17-19-21-23-28-25-29(27-30(31)26-28)24-22-20-18-16-14-12-10-8-6-4-2/h25-27,31H,3-24H2,1-2H3. The van der Waals surface area contributed by atoms with E-state index in [1.165, 1.54) is 140 Å². The van der Waals surface area contributed by atoms with Gasteiger partial charge in [-0.3, -0.25) is 0 Å². The Morgan fingerprint density at radius 2 is 0.710 bits per heavy atom. The fourth-order valence-corrected chi connectivity index (χ4v) is 4.66. The Labute approximate surface area is 195 Å². The van der Waals surface area contributed by atoms with Crippen LogP contribution in [0.5, 0.6) is 5.75 Å². The van der Waals surface area contributed by atoms with Crippen molar-refractivity contribution < 1.29 is 5.11 Å². The van der Waals surface area contributed by atoms with Gasteiger partial charge in [-0.15, -0.1) is 0 Å². The smallest absolute Gasteiger partial charge is 0.116 e. The van der Waals surface area contributed by atoms with Crippen LogP contribution < -0.4 is 0 Å². The first-order valence-electron chi connectivity index (χ1n) is 14.1. The molecule has 0 bridgehead atoms. The molecule has 1 heteroatoms. The molecule has 0 aliphatic rings. The van der Waals surface area contributed by atoms with Gasteiger partial charge in [-0.05, 0) is 48.9 Å². The minimum Gasteiger partial charge on any atom is -0.508 e. The Balaban J connectivity index is 2.06. The monoisotopic (exact) mass is 430 g/mol. The molecule has 1 aromatic carbocycles. The Morgan fingerprint density at radius 3 is 1.03 bits per heavy atom. The lowest BCUT2D eigenvalue weighted by Gasteiger charge is -2.08. The third-order valence-corrected chi connectivity index (χ3v) is 6.68. The Morgan fingerprint density at radius 1 is 0.419 bits per heavy atom. The molecule has 31 heavy (non-hydrogen) atoms. The van der Waals surface area contributed by atoms with Gasteiger partial charge in [0.1, 0.15) is 5.75 Å². The van der Waals surface area contributed by atoms with Crippen LogP contribution >= 0.6 is 0 Å². The molecule has 0 amide bonds. The van der Waals surface area contributed by atoms with Gasteiger partial charge in [0.05, 0.1) is 0 Å². The third kappa shape index (κ3) is 17.3. The summed E-state index contributed by atoms with van der Waals surface area (Å²) in [6, 6.07) is 6.31. The second-order valence-electron chi connectivity index (χ2n) is 9.87. The van der Waals surface area contributed by atoms with E-state index in [1.54, 1.807) is 0 Å². The Hall–Kier alpha value is -0.980. The summed E-state index contributed by atoms with van der Waals surface area (Å²) in [6.45, 7) is 4.57. The molecule has 0 aliphatic carbocycles. The van der Waals surface area contributed by atoms with Crippen molar-refractivity contribution in [3.8, 4) is 5.75 Å². The van der Waals surface area contributed by atoms with Gasteiger partial charge in [0.25, 0.3) is 0 Å². The third-order valence-electron chi connectivity index (χ3n) is 6.68. The predicted molar refractivity (Wildman–Crippen MR) is 139 cm³/mol. The van der Waals surface area contributed by atoms with Crippen molar-refractivity contribution in [3.05, 3.63) is 29.3 Å². The number of hydrogen-bond acceptors (Lipinski definition) is 1. The predicted octanol–water partition coefficient (Wildman–Crippen LogP) is 10.3. The molecule has 1 N–H and O–H groups in total. The van der Waals surface area contributed by atoms with Crippen molar-refractivity contribution in [2.75, 3.05) is 0 Å². The molecule has 0 atom stereocenters. The molecule has 1 nitrogen and oxygen atoms in total. The second-order valence-corrected chi connectivity index (χ2v) is 9.87. The van der Waals surface area contributed by atoms with Crippen molar-refractivity contribution in [1.29, 1.82) is 0 Å². The lowest BCUT2D eigenvalue weighted by molar-refractivity contribution is 0.473. The molecule has 0 saturated carbocycles. The van der Waals surface area contributed by atoms with Crippen molar-refractivity contribution in [2.24, 2.45) is 0 Å². The summed E-state index contributed by atoms with van der Waals surface area (Å²) in [7, 11) is 0. The summed E-state index contributed by atoms with van der Waals surface area (Å²) in [5, 5.41) is 10.1. The van der Waals surface area contributed by atoms with Gasteiger partial charge in [-0.1, -0.05) is 135 Å². The molecule has 0 fully saturated rings. The summed E-state index contributed by atoms with van der Waals surface area (Å²) >= 11 is 0. The number of unbranched alkanes of at least 4 members (excludes halogenated alkanes) is 18. The first kappa shape index (κ1) is 28.1. The maximum absolute atomic E-state index is 10.1. The molecule has 0 aliphatic heterocycles. The lowest BCUT2D eigenvalue weighted by Crippen LogP contribution is -1.92. The molecule has 0 saturated heterocycles. The van der Waals surface area contributed by atoms with Crippen molar-refractivity contribution in [3.63, 3.8) is 0 Å². The van der Waals surface area contributed by atoms with Crippen LogP contribution in [0.1, 0.15) is 153 Å². The van der Waals surface area contributed by atoms with E-state index in [1.807, 2.05) is 12.1 Å². The first-order chi connectivity index (χ1) is 15.3. The van der Waals surface area contributed by atoms with Crippen molar-refractivity contribution in [2.45, 2.75) is 155 Å². The van der Waals surface area contributed by atoms with Crippen molar-refractivity contribution in [1.82, 2.24) is 0 Å². The average Bonchev–Trinajstić information content (AvgIpc) is 2.76. The quantitative estimate of drug-likeness (QED) is 0.181. The van der Waals surface area contributed by atoms with Crippen LogP contribution in [0.25, 0.3) is 0 Å². The number of rotatable bonds is 22. The molecule has 1 rings (SSSR count). The number of benzene rings is 1. The normalized spacial score (nSPS) is 11.3. The number of aromatic hydroxyl groups is 1. The molecule has 180 valence electrons. The maximum atomic E-state index is 10.1. The number of phenols is 1. The second kappa shape index (κ2) is 20.9. The highest BCUT2D eigenvalue weighted by Crippen LogP contribution is 2.21. The van der Waals surface area contributed by atoms with E-state index in [2.05, 4.69) is 19.9 Å². The van der Waals surface area contributed by atoms with Crippen molar-refractivity contribution >= 4 is 0 Å². The van der Waals surface area contributed by atoms with E-state index in [0.717, 1.165) is 12.8 Å². The minimum absolute atomic E-state index is 0.464. The highest BCUT2D eigenvalue weighted by molar-refractivity contribution is 5.33. The van der Waals surface area contributed by atoms with Gasteiger partial charge in [-0.2, -0.15) is 0 Å². The van der Waals surface area contributed by atoms with Crippen LogP contribution in [-0.2, 0) is 12.8 Å². The topological polar surface area (TPSA) is 20.2 Å². The number of phenolic OH excluding ortho intramolecular Hbond substituents is 1. The molecule has 0 unspecified atom stereocenters. The summed E-state index contributed by atoms with van der Waals surface area (Å²) in [5.74, 6) is 0.464. The van der Waals surface area contributed by atoms with E-state index in [0.29, 0.717) is 5.75 Å². The zero-order valence-electron chi connectivity index (χ0n) is 21.2. The number of hydrogen-bond donors (Lipinski definition) is 1. The Kier molecular flexibility index (Phi) is 18.9. The molecule has 0 radical (unpaired) electrons. The summed E-state index contributed by atoms with van der Waals surface area (Å²) in [6.07, 6.45) is 29.9. The SMILES string of the molecule is CCCCCCCCCCCCc1cc(O)cc(CCCCCCCCCCCC)c1. The molecule has 1 aromatic rings. The van der Waals surface area contributed by atoms with Crippen LogP contribution in [-0.4, -0.2) is 5.11 Å². The fraction of sp³-hybridized carbons (Fsp3) is 0.800. The maximum Gasteiger partial charge on any atom is 0.116 e. The number of aryl methyl sites for hydroxylation is 2. The summed E-state index contributed by atoms with van der Waals surface area (Å²) in [4.78, 5) is 0. The van der Waals surface area contributed by atoms with Gasteiger partial charge in [-0.25, -0.2) is 0 Å². The largest absolute Gasteiger partial charge is 0.508 e. The van der Waals surface area contributed by atoms with E-state index in [-0.39, 0.29) is 0 Å². The van der Waals surface area contributed by atoms with E-state index < -0.39 is 0 Å². The van der Waals surface area contributed by atoms with Crippen LogP contribution in [0.2, 0.25) is 0 Å². The van der Waals surface area contributed by atoms with Gasteiger partial charge in [0.2, 0.25) is 0 Å². The fourth-order valence-electron chi connectivity index (χ4n) is 4.66. The molecular formula is C30H54O. The zero-order chi connectivity index (χ0) is 22.4. The van der Waals surface area contributed by atoms with Crippen LogP contribution in [0.15, 0.2) is 18.2 Å². The summed E-state index contributed by atoms with van der Waals surface area (Å²) in [5.41, 5.74) is 2.67. The van der Waals surface area contributed by atoms with Gasteiger partial charge in [0.15, 0.2) is 0 Å². The average molecular weight is 431 g/mol. The summed E-state index contributed by atoms with van der Waals surface area (Å²) < 4.78 is 0. The van der Waals surface area contributed by atoms with Crippen LogP contribution in [0, 0.1) is 0 Å². The van der Waals surface area contributed by atoms with E-state index in [9.17, 15) is 5.11 Å². The van der Waals surface area contributed by atoms with Gasteiger partial charge < -0.3 is 5.11 Å². The van der Waals surface area contributed by atoms with E-state index in [4.69, 9.17) is 0 Å². The van der Waals surface area contributed by atoms with Crippen LogP contribution in [0.3, 0.4) is 0 Å². The molecule has 0 heterocycles. The van der Waals surface area contributed by atoms with Crippen LogP contribution in [0.4, 0.5) is 0 Å². The molecular weight excluding hydrogens is 376 g/mol. The van der Waals surface area contributed by atoms with Gasteiger partial charge in [0, 0.05) is 0 Å². The lowest BCUT2D eigenvalue weighted by atomic mass is 9.99. The Bertz CT molecular complexity index is 465.